The molecule has 1 heterocycles. The summed E-state index contributed by atoms with van der Waals surface area (Å²) in [5, 5.41) is 8.60. The lowest BCUT2D eigenvalue weighted by molar-refractivity contribution is -0.136. The van der Waals surface area contributed by atoms with E-state index < -0.39 is 5.97 Å². The number of aliphatic carboxylic acids is 1. The first kappa shape index (κ1) is 7.86. The van der Waals surface area contributed by atoms with Gasteiger partial charge in [-0.3, -0.25) is 4.79 Å². The maximum atomic E-state index is 10.5. The standard InChI is InChI=1S/C10H8O3/c11-9(12)6-8-4-3-7-2-1-5-13-10(7)8/h1-5H,6H2,(H,11,12). The molecule has 0 aromatic rings. The summed E-state index contributed by atoms with van der Waals surface area (Å²) in [7, 11) is 0. The molecule has 2 rings (SSSR count). The van der Waals surface area contributed by atoms with Gasteiger partial charge in [0.15, 0.2) is 0 Å². The van der Waals surface area contributed by atoms with Gasteiger partial charge in [0.1, 0.15) is 5.76 Å². The maximum absolute atomic E-state index is 10.5. The topological polar surface area (TPSA) is 50.4 Å². The average Bonchev–Trinajstić information content (AvgIpc) is 2.48. The third kappa shape index (κ3) is 1.40. The molecule has 0 radical (unpaired) electrons. The van der Waals surface area contributed by atoms with Crippen molar-refractivity contribution in [2.45, 2.75) is 6.42 Å². The third-order valence-corrected chi connectivity index (χ3v) is 1.90. The van der Waals surface area contributed by atoms with Gasteiger partial charge in [-0.25, -0.2) is 0 Å². The molecule has 0 aromatic carbocycles. The van der Waals surface area contributed by atoms with Gasteiger partial charge in [-0.1, -0.05) is 12.1 Å². The van der Waals surface area contributed by atoms with Crippen molar-refractivity contribution in [3.8, 4) is 11.3 Å². The quantitative estimate of drug-likeness (QED) is 0.761. The summed E-state index contributed by atoms with van der Waals surface area (Å²) in [6.45, 7) is 0. The first-order chi connectivity index (χ1) is 6.27. The van der Waals surface area contributed by atoms with Crippen LogP contribution >= 0.6 is 0 Å². The Morgan fingerprint density at radius 1 is 1.38 bits per heavy atom. The Bertz CT molecular complexity index is 403. The van der Waals surface area contributed by atoms with E-state index in [0.29, 0.717) is 5.76 Å². The molecule has 0 fully saturated rings. The van der Waals surface area contributed by atoms with E-state index in [2.05, 4.69) is 0 Å². The molecule has 0 spiro atoms. The third-order valence-electron chi connectivity index (χ3n) is 1.90. The predicted molar refractivity (Wildman–Crippen MR) is 46.7 cm³/mol. The van der Waals surface area contributed by atoms with E-state index in [-0.39, 0.29) is 6.42 Å². The molecule has 0 saturated carbocycles. The fourth-order valence-corrected chi connectivity index (χ4v) is 1.35. The molecule has 0 unspecified atom stereocenters. The Morgan fingerprint density at radius 2 is 2.23 bits per heavy atom. The predicted octanol–water partition coefficient (Wildman–Crippen LogP) is 2.01. The van der Waals surface area contributed by atoms with Crippen molar-refractivity contribution in [1.29, 1.82) is 0 Å². The number of hydrogen-bond acceptors (Lipinski definition) is 2. The minimum atomic E-state index is -0.841. The normalized spacial score (nSPS) is 10.5. The monoisotopic (exact) mass is 176 g/mol. The van der Waals surface area contributed by atoms with Crippen LogP contribution in [-0.2, 0) is 11.2 Å². The van der Waals surface area contributed by atoms with Crippen molar-refractivity contribution in [3.05, 3.63) is 36.1 Å². The van der Waals surface area contributed by atoms with Crippen molar-refractivity contribution in [3.63, 3.8) is 0 Å². The second kappa shape index (κ2) is 2.94. The molecule has 1 aliphatic heterocycles. The highest BCUT2D eigenvalue weighted by Crippen LogP contribution is 2.27. The Labute approximate surface area is 74.9 Å². The Hall–Kier alpha value is -1.77. The first-order valence-corrected chi connectivity index (χ1v) is 3.94. The highest BCUT2D eigenvalue weighted by atomic mass is 16.4. The summed E-state index contributed by atoms with van der Waals surface area (Å²) in [4.78, 5) is 10.5. The van der Waals surface area contributed by atoms with Gasteiger partial charge < -0.3 is 9.52 Å². The smallest absolute Gasteiger partial charge is 0.307 e. The molecule has 13 heavy (non-hydrogen) atoms. The molecule has 0 amide bonds. The van der Waals surface area contributed by atoms with Crippen LogP contribution in [0.4, 0.5) is 0 Å². The first-order valence-electron chi connectivity index (χ1n) is 3.94. The summed E-state index contributed by atoms with van der Waals surface area (Å²) in [6, 6.07) is 7.32. The lowest BCUT2D eigenvalue weighted by atomic mass is 10.2. The number of hydrogen-bond donors (Lipinski definition) is 1. The summed E-state index contributed by atoms with van der Waals surface area (Å²) in [5.74, 6) is -0.170. The van der Waals surface area contributed by atoms with Crippen molar-refractivity contribution < 1.29 is 14.3 Å². The van der Waals surface area contributed by atoms with Gasteiger partial charge in [-0.05, 0) is 12.1 Å². The highest BCUT2D eigenvalue weighted by molar-refractivity contribution is 5.75. The van der Waals surface area contributed by atoms with Crippen LogP contribution < -0.4 is 0 Å². The minimum Gasteiger partial charge on any atom is -0.481 e. The minimum absolute atomic E-state index is 0.0109. The van der Waals surface area contributed by atoms with Gasteiger partial charge in [-0.15, -0.1) is 0 Å². The molecule has 2 aliphatic rings. The van der Waals surface area contributed by atoms with Crippen LogP contribution in [0, 0.1) is 0 Å². The number of carbonyl (C=O) groups is 1. The lowest BCUT2D eigenvalue weighted by Gasteiger charge is -1.98. The molecule has 3 nitrogen and oxygen atoms in total. The van der Waals surface area contributed by atoms with Gasteiger partial charge in [0, 0.05) is 11.1 Å². The van der Waals surface area contributed by atoms with E-state index in [0.717, 1.165) is 11.1 Å². The second-order valence-corrected chi connectivity index (χ2v) is 2.83. The van der Waals surface area contributed by atoms with Crippen LogP contribution in [0.2, 0.25) is 0 Å². The van der Waals surface area contributed by atoms with Crippen LogP contribution in [0.1, 0.15) is 5.56 Å². The van der Waals surface area contributed by atoms with Crippen LogP contribution in [0.15, 0.2) is 34.9 Å². The zero-order chi connectivity index (χ0) is 9.26. The lowest BCUT2D eigenvalue weighted by Crippen LogP contribution is -1.99. The van der Waals surface area contributed by atoms with Crippen LogP contribution in [0.3, 0.4) is 0 Å². The summed E-state index contributed by atoms with van der Waals surface area (Å²) in [5.41, 5.74) is 1.67. The zero-order valence-electron chi connectivity index (χ0n) is 6.86. The van der Waals surface area contributed by atoms with E-state index in [1.165, 1.54) is 0 Å². The Balaban J connectivity index is 2.43. The number of carboxylic acids is 1. The molecular formula is C10H8O3. The fourth-order valence-electron chi connectivity index (χ4n) is 1.35. The average molecular weight is 176 g/mol. The van der Waals surface area contributed by atoms with Gasteiger partial charge in [0.25, 0.3) is 0 Å². The Kier molecular flexibility index (Phi) is 1.77. The molecule has 1 N–H and O–H groups in total. The van der Waals surface area contributed by atoms with E-state index in [1.807, 2.05) is 12.1 Å². The number of carboxylic acid groups (broad SMARTS) is 1. The van der Waals surface area contributed by atoms with Crippen LogP contribution in [0.25, 0.3) is 11.3 Å². The van der Waals surface area contributed by atoms with E-state index in [9.17, 15) is 4.79 Å². The SMILES string of the molecule is O=C(O)Cc1ccc2cccoc1-2. The van der Waals surface area contributed by atoms with Crippen molar-refractivity contribution >= 4 is 5.97 Å². The van der Waals surface area contributed by atoms with Gasteiger partial charge in [-0.2, -0.15) is 0 Å². The number of fused-ring (bicyclic) bond motifs is 1. The molecule has 0 bridgehead atoms. The van der Waals surface area contributed by atoms with E-state index in [4.69, 9.17) is 9.52 Å². The second-order valence-electron chi connectivity index (χ2n) is 2.83. The number of rotatable bonds is 2. The molecule has 1 aliphatic carbocycles. The highest BCUT2D eigenvalue weighted by Gasteiger charge is 2.13. The molecule has 66 valence electrons. The van der Waals surface area contributed by atoms with E-state index >= 15 is 0 Å². The molecule has 0 aromatic heterocycles. The van der Waals surface area contributed by atoms with Crippen molar-refractivity contribution in [2.75, 3.05) is 0 Å². The maximum Gasteiger partial charge on any atom is 0.307 e. The zero-order valence-corrected chi connectivity index (χ0v) is 6.86. The summed E-state index contributed by atoms with van der Waals surface area (Å²) in [6.07, 6.45) is 1.56. The molecule has 0 atom stereocenters. The largest absolute Gasteiger partial charge is 0.481 e. The van der Waals surface area contributed by atoms with Crippen molar-refractivity contribution in [2.24, 2.45) is 0 Å². The van der Waals surface area contributed by atoms with Crippen molar-refractivity contribution in [1.82, 2.24) is 0 Å². The van der Waals surface area contributed by atoms with Gasteiger partial charge >= 0.3 is 5.97 Å². The molecular weight excluding hydrogens is 168 g/mol. The summed E-state index contributed by atoms with van der Waals surface area (Å²) >= 11 is 0. The van der Waals surface area contributed by atoms with Crippen LogP contribution in [-0.4, -0.2) is 11.1 Å². The fraction of sp³-hybridized carbons (Fsp3) is 0.100. The molecule has 3 heteroatoms. The summed E-state index contributed by atoms with van der Waals surface area (Å²) < 4.78 is 5.22. The van der Waals surface area contributed by atoms with Gasteiger partial charge in [0.05, 0.1) is 12.7 Å². The van der Waals surface area contributed by atoms with Gasteiger partial charge in [0.2, 0.25) is 0 Å². The molecule has 0 saturated heterocycles. The Morgan fingerprint density at radius 3 is 3.00 bits per heavy atom. The van der Waals surface area contributed by atoms with E-state index in [1.54, 1.807) is 18.4 Å². The van der Waals surface area contributed by atoms with Crippen LogP contribution in [0.5, 0.6) is 0 Å².